The molecular formula is C24H36N2O5S. The highest BCUT2D eigenvalue weighted by molar-refractivity contribution is 8.02. The Morgan fingerprint density at radius 1 is 1.41 bits per heavy atom. The fraction of sp³-hybridized carbons (Fsp3) is 0.708. The predicted molar refractivity (Wildman–Crippen MR) is 125 cm³/mol. The molecule has 7 nitrogen and oxygen atoms in total. The molecule has 3 unspecified atom stereocenters. The lowest BCUT2D eigenvalue weighted by Gasteiger charge is -2.41. The van der Waals surface area contributed by atoms with Gasteiger partial charge in [-0.3, -0.25) is 14.4 Å². The molecule has 178 valence electrons. The van der Waals surface area contributed by atoms with Crippen LogP contribution in [0.2, 0.25) is 0 Å². The van der Waals surface area contributed by atoms with Gasteiger partial charge in [-0.1, -0.05) is 39.0 Å². The zero-order valence-electron chi connectivity index (χ0n) is 19.4. The van der Waals surface area contributed by atoms with Crippen molar-refractivity contribution < 1.29 is 24.2 Å². The molecule has 0 aromatic carbocycles. The number of fused-ring (bicyclic) bond motifs is 1. The number of esters is 1. The van der Waals surface area contributed by atoms with E-state index in [9.17, 15) is 19.5 Å². The molecule has 0 aliphatic carbocycles. The van der Waals surface area contributed by atoms with Gasteiger partial charge < -0.3 is 19.6 Å². The lowest BCUT2D eigenvalue weighted by molar-refractivity contribution is -0.153. The van der Waals surface area contributed by atoms with E-state index in [0.717, 1.165) is 19.3 Å². The zero-order valence-corrected chi connectivity index (χ0v) is 20.2. The number of unbranched alkanes of at least 4 members (excludes halogenated alkanes) is 1. The summed E-state index contributed by atoms with van der Waals surface area (Å²) < 4.78 is 4.67. The highest BCUT2D eigenvalue weighted by Gasteiger charge is 2.76. The summed E-state index contributed by atoms with van der Waals surface area (Å²) in [5.41, 5.74) is 0. The first-order valence-electron chi connectivity index (χ1n) is 11.6. The smallest absolute Gasteiger partial charge is 0.311 e. The number of ether oxygens (including phenoxy) is 1. The van der Waals surface area contributed by atoms with Crippen molar-refractivity contribution in [2.75, 3.05) is 26.3 Å². The molecule has 0 saturated carbocycles. The molecule has 7 atom stereocenters. The first-order valence-corrected chi connectivity index (χ1v) is 12.5. The van der Waals surface area contributed by atoms with Gasteiger partial charge >= 0.3 is 5.97 Å². The molecule has 32 heavy (non-hydrogen) atoms. The van der Waals surface area contributed by atoms with Crippen molar-refractivity contribution in [3.8, 4) is 0 Å². The van der Waals surface area contributed by atoms with Gasteiger partial charge in [0.15, 0.2) is 0 Å². The molecule has 0 radical (unpaired) electrons. The maximum atomic E-state index is 14.0. The summed E-state index contributed by atoms with van der Waals surface area (Å²) in [7, 11) is 0. The van der Waals surface area contributed by atoms with Gasteiger partial charge in [0.05, 0.1) is 29.2 Å². The van der Waals surface area contributed by atoms with Crippen LogP contribution in [0.4, 0.5) is 0 Å². The van der Waals surface area contributed by atoms with Crippen LogP contribution < -0.4 is 0 Å². The summed E-state index contributed by atoms with van der Waals surface area (Å²) in [5.74, 6) is -1.86. The van der Waals surface area contributed by atoms with E-state index in [1.165, 1.54) is 6.08 Å². The number of likely N-dealkylation sites (tertiary alicyclic amines) is 1. The maximum Gasteiger partial charge on any atom is 0.311 e. The summed E-state index contributed by atoms with van der Waals surface area (Å²) >= 11 is 1.61. The van der Waals surface area contributed by atoms with Crippen LogP contribution >= 0.6 is 11.8 Å². The van der Waals surface area contributed by atoms with Crippen molar-refractivity contribution in [2.45, 2.75) is 62.1 Å². The third-order valence-corrected chi connectivity index (χ3v) is 9.29. The van der Waals surface area contributed by atoms with Gasteiger partial charge in [-0.2, -0.15) is 0 Å². The van der Waals surface area contributed by atoms with Crippen LogP contribution in [-0.4, -0.2) is 81.1 Å². The lowest BCUT2D eigenvalue weighted by atomic mass is 9.66. The molecule has 2 amide bonds. The van der Waals surface area contributed by atoms with E-state index in [4.69, 9.17) is 4.74 Å². The van der Waals surface area contributed by atoms with Gasteiger partial charge in [-0.25, -0.2) is 0 Å². The van der Waals surface area contributed by atoms with E-state index in [2.05, 4.69) is 27.0 Å². The fourth-order valence-corrected chi connectivity index (χ4v) is 8.17. The summed E-state index contributed by atoms with van der Waals surface area (Å²) in [5, 5.41) is 9.88. The zero-order chi connectivity index (χ0) is 23.6. The number of nitrogens with zero attached hydrogens (tertiary/aromatic N) is 2. The van der Waals surface area contributed by atoms with Gasteiger partial charge in [0.25, 0.3) is 0 Å². The van der Waals surface area contributed by atoms with Crippen LogP contribution in [-0.2, 0) is 19.1 Å². The molecule has 3 rings (SSSR count). The van der Waals surface area contributed by atoms with Gasteiger partial charge in [0.2, 0.25) is 11.8 Å². The molecule has 2 bridgehead atoms. The summed E-state index contributed by atoms with van der Waals surface area (Å²) in [6, 6.07) is -1.24. The van der Waals surface area contributed by atoms with E-state index >= 15 is 0 Å². The Labute approximate surface area is 195 Å². The minimum Gasteiger partial charge on any atom is -0.461 e. The molecule has 0 aromatic heterocycles. The van der Waals surface area contributed by atoms with Gasteiger partial charge in [-0.15, -0.1) is 18.3 Å². The number of hydrogen-bond donors (Lipinski definition) is 1. The Hall–Kier alpha value is -1.80. The largest absolute Gasteiger partial charge is 0.461 e. The number of rotatable bonds is 11. The molecule has 3 aliphatic heterocycles. The molecule has 0 aromatic rings. The number of amides is 2. The summed E-state index contributed by atoms with van der Waals surface area (Å²) in [4.78, 5) is 44.1. The van der Waals surface area contributed by atoms with Crippen molar-refractivity contribution in [1.82, 2.24) is 9.80 Å². The van der Waals surface area contributed by atoms with Crippen molar-refractivity contribution in [2.24, 2.45) is 17.8 Å². The Morgan fingerprint density at radius 3 is 2.72 bits per heavy atom. The second kappa shape index (κ2) is 10.00. The molecule has 3 heterocycles. The Balaban J connectivity index is 2.06. The van der Waals surface area contributed by atoms with Crippen LogP contribution in [0, 0.1) is 17.8 Å². The molecule has 3 fully saturated rings. The number of carbonyl (C=O) groups excluding carboxylic acids is 3. The molecule has 1 spiro atoms. The average molecular weight is 465 g/mol. The average Bonchev–Trinajstić information content (AvgIpc) is 3.37. The number of hydrogen-bond acceptors (Lipinski definition) is 6. The fourth-order valence-electron chi connectivity index (χ4n) is 5.78. The monoisotopic (exact) mass is 464 g/mol. The van der Waals surface area contributed by atoms with Crippen molar-refractivity contribution >= 4 is 29.5 Å². The first-order chi connectivity index (χ1) is 15.3. The van der Waals surface area contributed by atoms with Crippen molar-refractivity contribution in [3.63, 3.8) is 0 Å². The summed E-state index contributed by atoms with van der Waals surface area (Å²) in [6.45, 7) is 14.1. The molecule has 3 saturated heterocycles. The van der Waals surface area contributed by atoms with E-state index in [1.54, 1.807) is 34.6 Å². The minimum atomic E-state index is -0.721. The minimum absolute atomic E-state index is 0.0540. The standard InChI is InChI=1S/C24H36N2O5S/c1-6-9-11-25(10-7-2)22(29)20-24-15(4)13-17(32-24)18(23(30)31-12-8-3)19(24)21(28)26(20)16(5)14-27/h7-8,15-20,27H,2-3,6,9-14H2,1,4-5H3/t15?,16-,17-,18+,19+,20?,24?/m1/s1. The van der Waals surface area contributed by atoms with Gasteiger partial charge in [-0.05, 0) is 25.7 Å². The van der Waals surface area contributed by atoms with Crippen molar-refractivity contribution in [1.29, 1.82) is 0 Å². The van der Waals surface area contributed by atoms with E-state index < -0.39 is 34.6 Å². The lowest BCUT2D eigenvalue weighted by Crippen LogP contribution is -2.59. The van der Waals surface area contributed by atoms with Crippen LogP contribution in [0.25, 0.3) is 0 Å². The van der Waals surface area contributed by atoms with E-state index in [1.807, 2.05) is 0 Å². The molecule has 8 heteroatoms. The van der Waals surface area contributed by atoms with Crippen LogP contribution in [0.3, 0.4) is 0 Å². The molecular weight excluding hydrogens is 428 g/mol. The maximum absolute atomic E-state index is 14.0. The number of thioether (sulfide) groups is 1. The Kier molecular flexibility index (Phi) is 7.76. The number of aliphatic hydroxyl groups excluding tert-OH is 1. The van der Waals surface area contributed by atoms with E-state index in [-0.39, 0.29) is 36.2 Å². The highest BCUT2D eigenvalue weighted by atomic mass is 32.2. The third kappa shape index (κ3) is 3.79. The quantitative estimate of drug-likeness (QED) is 0.373. The third-order valence-electron chi connectivity index (χ3n) is 7.21. The van der Waals surface area contributed by atoms with Gasteiger partial charge in [0.1, 0.15) is 12.6 Å². The molecule has 1 N–H and O–H groups in total. The number of aliphatic hydroxyl groups is 1. The second-order valence-electron chi connectivity index (χ2n) is 9.17. The highest BCUT2D eigenvalue weighted by Crippen LogP contribution is 2.69. The second-order valence-corrected chi connectivity index (χ2v) is 10.7. The predicted octanol–water partition coefficient (Wildman–Crippen LogP) is 2.25. The van der Waals surface area contributed by atoms with Crippen LogP contribution in [0.15, 0.2) is 25.3 Å². The topological polar surface area (TPSA) is 87.1 Å². The summed E-state index contributed by atoms with van der Waals surface area (Å²) in [6.07, 6.45) is 5.77. The van der Waals surface area contributed by atoms with Crippen LogP contribution in [0.5, 0.6) is 0 Å². The van der Waals surface area contributed by atoms with Crippen molar-refractivity contribution in [3.05, 3.63) is 25.3 Å². The first kappa shape index (κ1) is 24.8. The van der Waals surface area contributed by atoms with E-state index in [0.29, 0.717) is 13.1 Å². The van der Waals surface area contributed by atoms with Crippen LogP contribution in [0.1, 0.15) is 40.0 Å². The number of carbonyl (C=O) groups is 3. The molecule has 3 aliphatic rings. The Bertz CT molecular complexity index is 773. The normalized spacial score (nSPS) is 33.7. The van der Waals surface area contributed by atoms with Gasteiger partial charge in [0, 0.05) is 18.3 Å². The SMILES string of the molecule is C=CCOC(=O)[C@@H]1[C@H]2C(=O)N([C@H](C)CO)C(C(=O)N(CC=C)CCCC)C23S[C@@H]1CC3C. The Morgan fingerprint density at radius 2 is 2.12 bits per heavy atom.